The summed E-state index contributed by atoms with van der Waals surface area (Å²) in [5.41, 5.74) is 7.30. The monoisotopic (exact) mass is 441 g/mol. The number of fused-ring (bicyclic) bond motifs is 2. The normalized spacial score (nSPS) is 26.2. The van der Waals surface area contributed by atoms with Crippen LogP contribution < -0.4 is 5.73 Å². The Morgan fingerprint density at radius 1 is 1.03 bits per heavy atom. The lowest BCUT2D eigenvalue weighted by Crippen LogP contribution is -2.47. The van der Waals surface area contributed by atoms with Gasteiger partial charge in [0.2, 0.25) is 11.8 Å². The van der Waals surface area contributed by atoms with Gasteiger partial charge in [0, 0.05) is 37.3 Å². The van der Waals surface area contributed by atoms with Crippen LogP contribution in [0.2, 0.25) is 0 Å². The molecule has 2 heterocycles. The molecular formula is C26H39N3O3. The molecule has 6 nitrogen and oxygen atoms in total. The molecule has 1 saturated carbocycles. The van der Waals surface area contributed by atoms with Crippen molar-refractivity contribution in [3.05, 3.63) is 35.4 Å². The van der Waals surface area contributed by atoms with Crippen LogP contribution in [0.1, 0.15) is 86.0 Å². The highest BCUT2D eigenvalue weighted by Crippen LogP contribution is 2.43. The Balaban J connectivity index is 1.33. The quantitative estimate of drug-likeness (QED) is 0.616. The summed E-state index contributed by atoms with van der Waals surface area (Å²) in [7, 11) is 0. The fourth-order valence-corrected chi connectivity index (χ4v) is 6.37. The van der Waals surface area contributed by atoms with Crippen LogP contribution in [0.15, 0.2) is 24.3 Å². The molecule has 6 heteroatoms. The third-order valence-electron chi connectivity index (χ3n) is 8.17. The average molecular weight is 442 g/mol. The van der Waals surface area contributed by atoms with Gasteiger partial charge in [-0.1, -0.05) is 44.2 Å². The molecule has 0 unspecified atom stereocenters. The molecule has 3 aliphatic rings. The van der Waals surface area contributed by atoms with Crippen LogP contribution in [-0.2, 0) is 4.79 Å². The minimum absolute atomic E-state index is 0.133. The molecule has 3 N–H and O–H groups in total. The van der Waals surface area contributed by atoms with E-state index in [1.807, 2.05) is 17.0 Å². The third-order valence-corrected chi connectivity index (χ3v) is 8.17. The van der Waals surface area contributed by atoms with Crippen molar-refractivity contribution in [3.63, 3.8) is 0 Å². The molecule has 1 aliphatic carbocycles. The van der Waals surface area contributed by atoms with Gasteiger partial charge in [0.05, 0.1) is 0 Å². The van der Waals surface area contributed by atoms with Crippen LogP contribution in [-0.4, -0.2) is 65.0 Å². The first kappa shape index (κ1) is 23.2. The van der Waals surface area contributed by atoms with Crippen molar-refractivity contribution in [1.82, 2.24) is 9.80 Å². The maximum Gasteiger partial charge on any atom is 0.248 e. The lowest BCUT2D eigenvalue weighted by Gasteiger charge is -2.40. The Morgan fingerprint density at radius 2 is 1.75 bits per heavy atom. The molecule has 176 valence electrons. The summed E-state index contributed by atoms with van der Waals surface area (Å²) in [6, 6.07) is 8.87. The molecule has 3 atom stereocenters. The van der Waals surface area contributed by atoms with Crippen molar-refractivity contribution >= 4 is 11.8 Å². The van der Waals surface area contributed by atoms with E-state index in [1.54, 1.807) is 6.07 Å². The Bertz CT molecular complexity index is 778. The summed E-state index contributed by atoms with van der Waals surface area (Å²) >= 11 is 0. The summed E-state index contributed by atoms with van der Waals surface area (Å²) in [5.74, 6) is 0.700. The topological polar surface area (TPSA) is 86.9 Å². The van der Waals surface area contributed by atoms with E-state index in [1.165, 1.54) is 50.5 Å². The van der Waals surface area contributed by atoms with Crippen LogP contribution in [0.4, 0.5) is 0 Å². The Hall–Kier alpha value is -1.92. The van der Waals surface area contributed by atoms with Gasteiger partial charge in [0.15, 0.2) is 0 Å². The summed E-state index contributed by atoms with van der Waals surface area (Å²) < 4.78 is 0. The molecule has 1 aromatic rings. The van der Waals surface area contributed by atoms with Crippen molar-refractivity contribution in [2.45, 2.75) is 82.2 Å². The highest BCUT2D eigenvalue weighted by Gasteiger charge is 2.41. The van der Waals surface area contributed by atoms with Crippen LogP contribution in [0, 0.1) is 5.92 Å². The lowest BCUT2D eigenvalue weighted by molar-refractivity contribution is -0.134. The molecule has 4 rings (SSSR count). The van der Waals surface area contributed by atoms with Crippen molar-refractivity contribution < 1.29 is 14.7 Å². The third kappa shape index (κ3) is 5.52. The van der Waals surface area contributed by atoms with E-state index in [2.05, 4.69) is 11.0 Å². The fourth-order valence-electron chi connectivity index (χ4n) is 6.37. The lowest BCUT2D eigenvalue weighted by atomic mass is 9.84. The van der Waals surface area contributed by atoms with Crippen molar-refractivity contribution in [2.75, 3.05) is 26.2 Å². The van der Waals surface area contributed by atoms with Crippen molar-refractivity contribution in [3.8, 4) is 0 Å². The SMILES string of the molecule is NC(=O)c1cccc([C@H]2C[C@H]3CC[C@@H](C2)N3CCN(CCC2CCCCC2)C(=O)CO)c1. The number of hydrogen-bond donors (Lipinski definition) is 2. The van der Waals surface area contributed by atoms with Gasteiger partial charge in [-0.25, -0.2) is 0 Å². The molecule has 2 saturated heterocycles. The molecule has 2 amide bonds. The second-order valence-corrected chi connectivity index (χ2v) is 10.1. The summed E-state index contributed by atoms with van der Waals surface area (Å²) in [6.07, 6.45) is 12.2. The maximum atomic E-state index is 12.4. The fraction of sp³-hybridized carbons (Fsp3) is 0.692. The Labute approximate surface area is 192 Å². The molecule has 0 aromatic heterocycles. The van der Waals surface area contributed by atoms with Gasteiger partial charge in [0.1, 0.15) is 6.61 Å². The number of primary amides is 1. The number of nitrogens with zero attached hydrogens (tertiary/aromatic N) is 2. The first-order valence-corrected chi connectivity index (χ1v) is 12.6. The molecule has 0 radical (unpaired) electrons. The second kappa shape index (κ2) is 10.8. The highest BCUT2D eigenvalue weighted by molar-refractivity contribution is 5.92. The zero-order valence-electron chi connectivity index (χ0n) is 19.3. The molecule has 3 fully saturated rings. The maximum absolute atomic E-state index is 12.4. The van der Waals surface area contributed by atoms with Gasteiger partial charge < -0.3 is 15.7 Å². The smallest absolute Gasteiger partial charge is 0.248 e. The number of aliphatic hydroxyl groups excluding tert-OH is 1. The molecule has 2 aliphatic heterocycles. The first-order valence-electron chi connectivity index (χ1n) is 12.6. The van der Waals surface area contributed by atoms with Gasteiger partial charge >= 0.3 is 0 Å². The number of carbonyl (C=O) groups excluding carboxylic acids is 2. The van der Waals surface area contributed by atoms with E-state index in [4.69, 9.17) is 5.73 Å². The minimum atomic E-state index is -0.393. The average Bonchev–Trinajstić information content (AvgIpc) is 3.05. The van der Waals surface area contributed by atoms with Crippen LogP contribution in [0.5, 0.6) is 0 Å². The standard InChI is InChI=1S/C26H39N3O3/c27-26(32)21-8-4-7-20(15-21)22-16-23-9-10-24(17-22)29(23)14-13-28(25(31)18-30)12-11-19-5-2-1-3-6-19/h4,7-8,15,19,22-24,30H,1-3,5-6,9-14,16-18H2,(H2,27,32)/t22-,23+,24-. The number of aliphatic hydroxyl groups is 1. The first-order chi connectivity index (χ1) is 15.5. The summed E-state index contributed by atoms with van der Waals surface area (Å²) in [5, 5.41) is 9.48. The number of benzene rings is 1. The number of piperidine rings is 1. The molecular weight excluding hydrogens is 402 g/mol. The zero-order chi connectivity index (χ0) is 22.5. The second-order valence-electron chi connectivity index (χ2n) is 10.1. The number of hydrogen-bond acceptors (Lipinski definition) is 4. The van der Waals surface area contributed by atoms with Gasteiger partial charge in [0.25, 0.3) is 0 Å². The van der Waals surface area contributed by atoms with E-state index >= 15 is 0 Å². The van der Waals surface area contributed by atoms with Crippen molar-refractivity contribution in [1.29, 1.82) is 0 Å². The van der Waals surface area contributed by atoms with E-state index < -0.39 is 6.61 Å². The number of rotatable bonds is 9. The van der Waals surface area contributed by atoms with Crippen LogP contribution in [0.25, 0.3) is 0 Å². The van der Waals surface area contributed by atoms with Crippen molar-refractivity contribution in [2.24, 2.45) is 11.7 Å². The van der Waals surface area contributed by atoms with Crippen LogP contribution in [0.3, 0.4) is 0 Å². The Morgan fingerprint density at radius 3 is 2.41 bits per heavy atom. The number of amides is 2. The van der Waals surface area contributed by atoms with Gasteiger partial charge in [-0.3, -0.25) is 14.5 Å². The van der Waals surface area contributed by atoms with Gasteiger partial charge in [-0.05, 0) is 61.6 Å². The van der Waals surface area contributed by atoms with E-state index in [9.17, 15) is 14.7 Å². The molecule has 0 spiro atoms. The number of nitrogens with two attached hydrogens (primary N) is 1. The zero-order valence-corrected chi connectivity index (χ0v) is 19.3. The molecule has 32 heavy (non-hydrogen) atoms. The predicted molar refractivity (Wildman–Crippen MR) is 125 cm³/mol. The Kier molecular flexibility index (Phi) is 7.84. The summed E-state index contributed by atoms with van der Waals surface area (Å²) in [4.78, 5) is 28.5. The predicted octanol–water partition coefficient (Wildman–Crippen LogP) is 3.29. The van der Waals surface area contributed by atoms with E-state index in [0.717, 1.165) is 38.3 Å². The largest absolute Gasteiger partial charge is 0.387 e. The molecule has 2 bridgehead atoms. The summed E-state index contributed by atoms with van der Waals surface area (Å²) in [6.45, 7) is 1.98. The highest BCUT2D eigenvalue weighted by atomic mass is 16.3. The van der Waals surface area contributed by atoms with Gasteiger partial charge in [-0.2, -0.15) is 0 Å². The van der Waals surface area contributed by atoms with Crippen LogP contribution >= 0.6 is 0 Å². The molecule has 1 aromatic carbocycles. The number of carbonyl (C=O) groups is 2. The van der Waals surface area contributed by atoms with E-state index in [0.29, 0.717) is 30.1 Å². The van der Waals surface area contributed by atoms with Gasteiger partial charge in [-0.15, -0.1) is 0 Å². The minimum Gasteiger partial charge on any atom is -0.387 e. The van der Waals surface area contributed by atoms with E-state index in [-0.39, 0.29) is 11.8 Å².